The first-order valence-electron chi connectivity index (χ1n) is 9.06. The van der Waals surface area contributed by atoms with Gasteiger partial charge in [0.1, 0.15) is 6.10 Å². The lowest BCUT2D eigenvalue weighted by Crippen LogP contribution is -2.64. The van der Waals surface area contributed by atoms with Gasteiger partial charge < -0.3 is 9.47 Å². The van der Waals surface area contributed by atoms with Crippen LogP contribution >= 0.6 is 0 Å². The van der Waals surface area contributed by atoms with Gasteiger partial charge in [0.2, 0.25) is 23.7 Å². The Morgan fingerprint density at radius 3 is 1.26 bits per heavy atom. The highest BCUT2D eigenvalue weighted by atomic mass is 19.4. The third-order valence-corrected chi connectivity index (χ3v) is 5.86. The largest absolute Gasteiger partial charge is 0.379 e. The van der Waals surface area contributed by atoms with E-state index < -0.39 is 84.6 Å². The molecule has 2 aliphatic rings. The van der Waals surface area contributed by atoms with Gasteiger partial charge in [0.15, 0.2) is 0 Å². The summed E-state index contributed by atoms with van der Waals surface area (Å²) in [6, 6.07) is 0. The summed E-state index contributed by atoms with van der Waals surface area (Å²) in [7, 11) is 0. The van der Waals surface area contributed by atoms with Crippen molar-refractivity contribution in [1.82, 2.24) is 0 Å². The van der Waals surface area contributed by atoms with Gasteiger partial charge in [-0.25, -0.2) is 17.6 Å². The summed E-state index contributed by atoms with van der Waals surface area (Å²) in [5.41, 5.74) is -11.8. The summed E-state index contributed by atoms with van der Waals surface area (Å²) in [5.74, 6) is -40.0. The first-order chi connectivity index (χ1) is 14.9. The highest BCUT2D eigenvalue weighted by molar-refractivity contribution is 5.27. The minimum absolute atomic E-state index is 0.309. The van der Waals surface area contributed by atoms with Gasteiger partial charge in [-0.1, -0.05) is 0 Å². The fourth-order valence-corrected chi connectivity index (χ4v) is 3.72. The van der Waals surface area contributed by atoms with E-state index in [1.54, 1.807) is 0 Å². The Bertz CT molecular complexity index is 787. The van der Waals surface area contributed by atoms with Crippen molar-refractivity contribution in [2.75, 3.05) is 13.2 Å². The first-order valence-corrected chi connectivity index (χ1v) is 9.06. The highest BCUT2D eigenvalue weighted by Gasteiger charge is 2.96. The van der Waals surface area contributed by atoms with Crippen molar-refractivity contribution in [2.24, 2.45) is 0 Å². The van der Waals surface area contributed by atoms with Crippen molar-refractivity contribution in [3.05, 3.63) is 0 Å². The van der Waals surface area contributed by atoms with E-state index in [2.05, 4.69) is 9.47 Å². The molecule has 0 bridgehead atoms. The van der Waals surface area contributed by atoms with Crippen molar-refractivity contribution in [2.45, 2.75) is 85.3 Å². The van der Waals surface area contributed by atoms with Crippen LogP contribution in [0.4, 0.5) is 70.2 Å². The molecule has 0 aromatic heterocycles. The van der Waals surface area contributed by atoms with Crippen LogP contribution < -0.4 is 0 Å². The second-order valence-electron chi connectivity index (χ2n) is 7.73. The molecular formula is C16H14F16O2. The molecule has 2 nitrogen and oxygen atoms in total. The van der Waals surface area contributed by atoms with E-state index in [1.807, 2.05) is 0 Å². The van der Waals surface area contributed by atoms with Gasteiger partial charge in [0.05, 0.1) is 12.7 Å². The summed E-state index contributed by atoms with van der Waals surface area (Å²) in [6.07, 6.45) is -18.2. The highest BCUT2D eigenvalue weighted by Crippen LogP contribution is 2.67. The van der Waals surface area contributed by atoms with E-state index in [1.165, 1.54) is 0 Å². The molecule has 6 unspecified atom stereocenters. The van der Waals surface area contributed by atoms with Gasteiger partial charge in [-0.15, -0.1) is 0 Å². The van der Waals surface area contributed by atoms with Crippen LogP contribution in [0.1, 0.15) is 13.8 Å². The van der Waals surface area contributed by atoms with Crippen LogP contribution in [0, 0.1) is 0 Å². The molecule has 2 aliphatic carbocycles. The average Bonchev–Trinajstić information content (AvgIpc) is 2.83. The van der Waals surface area contributed by atoms with E-state index in [9.17, 15) is 65.9 Å². The third kappa shape index (κ3) is 2.92. The van der Waals surface area contributed by atoms with Gasteiger partial charge >= 0.3 is 35.5 Å². The number of halogens is 16. The quantitative estimate of drug-likeness (QED) is 0.383. The Balaban J connectivity index is 2.61. The normalized spacial score (nSPS) is 40.8. The van der Waals surface area contributed by atoms with E-state index >= 15 is 4.39 Å². The van der Waals surface area contributed by atoms with Gasteiger partial charge in [-0.05, 0) is 13.8 Å². The molecule has 2 fully saturated rings. The van der Waals surface area contributed by atoms with Gasteiger partial charge in [0.25, 0.3) is 0 Å². The minimum atomic E-state index is -6.81. The summed E-state index contributed by atoms with van der Waals surface area (Å²) in [4.78, 5) is 0. The molecule has 6 atom stereocenters. The van der Waals surface area contributed by atoms with Crippen LogP contribution in [-0.2, 0) is 9.47 Å². The maximum atomic E-state index is 15.0. The maximum absolute atomic E-state index is 15.0. The average molecular weight is 542 g/mol. The smallest absolute Gasteiger partial charge is 0.378 e. The maximum Gasteiger partial charge on any atom is 0.378 e. The summed E-state index contributed by atoms with van der Waals surface area (Å²) >= 11 is 0. The molecule has 0 aromatic rings. The van der Waals surface area contributed by atoms with Crippen LogP contribution in [0.5, 0.6) is 0 Å². The second-order valence-corrected chi connectivity index (χ2v) is 7.73. The predicted octanol–water partition coefficient (Wildman–Crippen LogP) is 5.73. The molecule has 18 heteroatoms. The van der Waals surface area contributed by atoms with Crippen LogP contribution in [0.15, 0.2) is 0 Å². The van der Waals surface area contributed by atoms with Crippen molar-refractivity contribution in [3.63, 3.8) is 0 Å². The number of alkyl halides is 16. The van der Waals surface area contributed by atoms with E-state index in [-0.39, 0.29) is 6.92 Å². The van der Waals surface area contributed by atoms with Crippen LogP contribution in [0.2, 0.25) is 0 Å². The van der Waals surface area contributed by atoms with E-state index in [0.717, 1.165) is 6.92 Å². The summed E-state index contributed by atoms with van der Waals surface area (Å²) < 4.78 is 229. The number of ether oxygens (including phenoxy) is 2. The predicted molar refractivity (Wildman–Crippen MR) is 78.0 cm³/mol. The molecule has 2 rings (SSSR count). The molecule has 202 valence electrons. The molecular weight excluding hydrogens is 528 g/mol. The molecule has 0 aliphatic heterocycles. The monoisotopic (exact) mass is 542 g/mol. The van der Waals surface area contributed by atoms with Gasteiger partial charge in [-0.2, -0.15) is 52.7 Å². The Labute approximate surface area is 179 Å². The van der Waals surface area contributed by atoms with Crippen molar-refractivity contribution < 1.29 is 79.7 Å². The lowest BCUT2D eigenvalue weighted by molar-refractivity contribution is -0.314. The van der Waals surface area contributed by atoms with E-state index in [0.29, 0.717) is 0 Å². The summed E-state index contributed by atoms with van der Waals surface area (Å²) in [6.45, 7) is -2.10. The van der Waals surface area contributed by atoms with E-state index in [4.69, 9.17) is 0 Å². The van der Waals surface area contributed by atoms with Gasteiger partial charge in [0, 0.05) is 6.61 Å². The lowest BCUT2D eigenvalue weighted by atomic mass is 9.89. The number of hydrogen-bond donors (Lipinski definition) is 0. The Morgan fingerprint density at radius 2 is 0.971 bits per heavy atom. The fourth-order valence-electron chi connectivity index (χ4n) is 3.72. The zero-order valence-corrected chi connectivity index (χ0v) is 16.6. The molecule has 0 radical (unpaired) electrons. The summed E-state index contributed by atoms with van der Waals surface area (Å²) in [5, 5.41) is 0. The number of hydrogen-bond acceptors (Lipinski definition) is 2. The third-order valence-electron chi connectivity index (χ3n) is 5.86. The molecule has 0 heterocycles. The second kappa shape index (κ2) is 7.65. The molecule has 0 N–H and O–H groups in total. The molecule has 0 amide bonds. The van der Waals surface area contributed by atoms with Crippen LogP contribution in [0.25, 0.3) is 0 Å². The SMILES string of the molecule is CCOCC(OC(C)C1(F)C(F)C(F)(F)C(F)(F)C1(F)F)C1(F)C(F)C(F)(F)C(F)(F)C1(F)F. The lowest BCUT2D eigenvalue weighted by Gasteiger charge is -2.40. The standard InChI is InChI=1S/C16H14F16O2/c1-3-33-4-6(10(20)8(18)12(23,24)16(31,32)14(10,27)28)34-5(2)9(19)7(17)11(21,22)15(29,30)13(9,25)26/h5-8H,3-4H2,1-2H3. The zero-order valence-electron chi connectivity index (χ0n) is 16.6. The molecule has 0 saturated heterocycles. The van der Waals surface area contributed by atoms with Crippen molar-refractivity contribution in [1.29, 1.82) is 0 Å². The molecule has 0 spiro atoms. The Kier molecular flexibility index (Phi) is 6.53. The molecule has 0 aromatic carbocycles. The fraction of sp³-hybridized carbons (Fsp3) is 1.00. The Hall–Kier alpha value is -1.20. The molecule has 2 saturated carbocycles. The van der Waals surface area contributed by atoms with Crippen LogP contribution in [0.3, 0.4) is 0 Å². The molecule has 34 heavy (non-hydrogen) atoms. The Morgan fingerprint density at radius 1 is 0.618 bits per heavy atom. The zero-order chi connectivity index (χ0) is 27.1. The van der Waals surface area contributed by atoms with Crippen molar-refractivity contribution in [3.8, 4) is 0 Å². The number of rotatable bonds is 7. The van der Waals surface area contributed by atoms with Gasteiger partial charge in [-0.3, -0.25) is 0 Å². The van der Waals surface area contributed by atoms with Crippen molar-refractivity contribution >= 4 is 0 Å². The van der Waals surface area contributed by atoms with Crippen LogP contribution in [-0.4, -0.2) is 84.6 Å². The minimum Gasteiger partial charge on any atom is -0.379 e. The topological polar surface area (TPSA) is 18.5 Å². The first kappa shape index (κ1) is 29.0.